The van der Waals surface area contributed by atoms with E-state index in [1.165, 1.54) is 6.20 Å². The second kappa shape index (κ2) is 8.13. The lowest BCUT2D eigenvalue weighted by Gasteiger charge is -2.29. The molecule has 1 saturated carbocycles. The van der Waals surface area contributed by atoms with Gasteiger partial charge in [0, 0.05) is 23.4 Å². The van der Waals surface area contributed by atoms with E-state index in [1.807, 2.05) is 12.1 Å². The molecule has 1 aromatic carbocycles. The molecule has 0 spiro atoms. The van der Waals surface area contributed by atoms with E-state index in [-0.39, 0.29) is 11.5 Å². The molecular formula is C23H18ClN3O3. The molecule has 0 atom stereocenters. The molecule has 1 fully saturated rings. The molecule has 1 amide bonds. The molecule has 3 aromatic rings. The highest BCUT2D eigenvalue weighted by molar-refractivity contribution is 6.30. The summed E-state index contributed by atoms with van der Waals surface area (Å²) >= 11 is 5.90. The molecule has 0 bridgehead atoms. The van der Waals surface area contributed by atoms with Gasteiger partial charge in [-0.25, -0.2) is 0 Å². The summed E-state index contributed by atoms with van der Waals surface area (Å²) < 4.78 is 5.66. The normalized spacial score (nSPS) is 15.4. The lowest BCUT2D eigenvalue weighted by molar-refractivity contribution is -0.121. The van der Waals surface area contributed by atoms with Gasteiger partial charge >= 0.3 is 0 Å². The van der Waals surface area contributed by atoms with Gasteiger partial charge in [0.25, 0.3) is 5.91 Å². The van der Waals surface area contributed by atoms with Crippen molar-refractivity contribution in [2.75, 3.05) is 5.32 Å². The largest absolute Gasteiger partial charge is 0.451 e. The van der Waals surface area contributed by atoms with Gasteiger partial charge in [-0.3, -0.25) is 14.6 Å². The molecule has 7 heteroatoms. The minimum atomic E-state index is -0.745. The molecule has 1 aliphatic carbocycles. The van der Waals surface area contributed by atoms with Crippen LogP contribution in [-0.2, 0) is 10.2 Å². The second-order valence-electron chi connectivity index (χ2n) is 7.29. The molecule has 30 heavy (non-hydrogen) atoms. The predicted octanol–water partition coefficient (Wildman–Crippen LogP) is 5.15. The SMILES string of the molecule is N#CC1(c2ccc(NC(=O)c3ccc(-c4ccc(Cl)cc4)o3)cn2)CCC(=O)CC1. The van der Waals surface area contributed by atoms with E-state index in [4.69, 9.17) is 16.0 Å². The van der Waals surface area contributed by atoms with Crippen LogP contribution in [0.1, 0.15) is 41.9 Å². The quantitative estimate of drug-likeness (QED) is 0.630. The van der Waals surface area contributed by atoms with Gasteiger partial charge in [0.05, 0.1) is 23.6 Å². The summed E-state index contributed by atoms with van der Waals surface area (Å²) in [5.74, 6) is 0.514. The van der Waals surface area contributed by atoms with Crippen LogP contribution in [0.15, 0.2) is 59.1 Å². The minimum Gasteiger partial charge on any atom is -0.451 e. The van der Waals surface area contributed by atoms with Crippen LogP contribution in [-0.4, -0.2) is 16.7 Å². The van der Waals surface area contributed by atoms with Crippen molar-refractivity contribution in [2.24, 2.45) is 0 Å². The number of nitriles is 1. The maximum absolute atomic E-state index is 12.5. The number of aromatic nitrogens is 1. The van der Waals surface area contributed by atoms with Crippen LogP contribution in [0.4, 0.5) is 5.69 Å². The van der Waals surface area contributed by atoms with Crippen LogP contribution in [0.5, 0.6) is 0 Å². The van der Waals surface area contributed by atoms with Crippen LogP contribution in [0.2, 0.25) is 5.02 Å². The number of carbonyl (C=O) groups excluding carboxylic acids is 2. The summed E-state index contributed by atoms with van der Waals surface area (Å²) in [6.45, 7) is 0. The Kier molecular flexibility index (Phi) is 5.39. The number of amides is 1. The fourth-order valence-electron chi connectivity index (χ4n) is 3.55. The third kappa shape index (κ3) is 3.98. The zero-order valence-corrected chi connectivity index (χ0v) is 16.8. The molecule has 4 rings (SSSR count). The second-order valence-corrected chi connectivity index (χ2v) is 7.73. The number of furan rings is 1. The highest BCUT2D eigenvalue weighted by atomic mass is 35.5. The molecule has 0 unspecified atom stereocenters. The maximum Gasteiger partial charge on any atom is 0.291 e. The van der Waals surface area contributed by atoms with E-state index in [0.717, 1.165) is 5.56 Å². The number of benzene rings is 1. The average Bonchev–Trinajstić information content (AvgIpc) is 3.26. The van der Waals surface area contributed by atoms with Crippen molar-refractivity contribution in [1.82, 2.24) is 4.98 Å². The number of halogens is 1. The molecule has 2 aromatic heterocycles. The van der Waals surface area contributed by atoms with Crippen molar-refractivity contribution in [3.8, 4) is 17.4 Å². The Labute approximate surface area is 178 Å². The van der Waals surface area contributed by atoms with Crippen LogP contribution >= 0.6 is 11.6 Å². The van der Waals surface area contributed by atoms with Crippen molar-refractivity contribution in [3.63, 3.8) is 0 Å². The number of anilines is 1. The monoisotopic (exact) mass is 419 g/mol. The van der Waals surface area contributed by atoms with Gasteiger partial charge in [0.15, 0.2) is 5.76 Å². The van der Waals surface area contributed by atoms with Crippen molar-refractivity contribution in [3.05, 3.63) is 71.2 Å². The van der Waals surface area contributed by atoms with Crippen LogP contribution < -0.4 is 5.32 Å². The Morgan fingerprint density at radius 1 is 1.10 bits per heavy atom. The number of nitrogens with one attached hydrogen (secondary N) is 1. The van der Waals surface area contributed by atoms with Crippen molar-refractivity contribution >= 4 is 29.0 Å². The Morgan fingerprint density at radius 2 is 1.83 bits per heavy atom. The number of hydrogen-bond donors (Lipinski definition) is 1. The van der Waals surface area contributed by atoms with Crippen LogP contribution in [0, 0.1) is 11.3 Å². The van der Waals surface area contributed by atoms with E-state index in [1.54, 1.807) is 36.4 Å². The lowest BCUT2D eigenvalue weighted by Crippen LogP contribution is -2.31. The molecule has 6 nitrogen and oxygen atoms in total. The number of carbonyl (C=O) groups is 2. The molecule has 0 aliphatic heterocycles. The fraction of sp³-hybridized carbons (Fsp3) is 0.217. The predicted molar refractivity (Wildman–Crippen MR) is 112 cm³/mol. The highest BCUT2D eigenvalue weighted by Crippen LogP contribution is 2.37. The van der Waals surface area contributed by atoms with E-state index in [9.17, 15) is 14.9 Å². The van der Waals surface area contributed by atoms with Gasteiger partial charge in [-0.2, -0.15) is 5.26 Å². The number of pyridine rings is 1. The number of nitrogens with zero attached hydrogens (tertiary/aromatic N) is 2. The molecule has 2 heterocycles. The maximum atomic E-state index is 12.5. The zero-order chi connectivity index (χ0) is 21.1. The molecular weight excluding hydrogens is 402 g/mol. The van der Waals surface area contributed by atoms with Gasteiger partial charge in [-0.1, -0.05) is 11.6 Å². The van der Waals surface area contributed by atoms with E-state index < -0.39 is 11.3 Å². The van der Waals surface area contributed by atoms with Crippen LogP contribution in [0.25, 0.3) is 11.3 Å². The minimum absolute atomic E-state index is 0.170. The first kappa shape index (κ1) is 19.9. The van der Waals surface area contributed by atoms with Gasteiger partial charge in [0.2, 0.25) is 0 Å². The third-order valence-electron chi connectivity index (χ3n) is 5.35. The standard InChI is InChI=1S/C23H18ClN3O3/c24-16-3-1-15(2-4-16)19-6-7-20(30-19)22(29)27-17-5-8-21(26-13-17)23(14-25)11-9-18(28)10-12-23/h1-8,13H,9-12H2,(H,27,29). The van der Waals surface area contributed by atoms with Gasteiger partial charge in [-0.05, 0) is 61.4 Å². The molecule has 0 radical (unpaired) electrons. The van der Waals surface area contributed by atoms with E-state index in [2.05, 4.69) is 16.4 Å². The molecule has 150 valence electrons. The van der Waals surface area contributed by atoms with Crippen molar-refractivity contribution in [2.45, 2.75) is 31.1 Å². The molecule has 0 saturated heterocycles. The van der Waals surface area contributed by atoms with Gasteiger partial charge < -0.3 is 9.73 Å². The van der Waals surface area contributed by atoms with Gasteiger partial charge in [-0.15, -0.1) is 0 Å². The Morgan fingerprint density at radius 3 is 2.47 bits per heavy atom. The summed E-state index contributed by atoms with van der Waals surface area (Å²) in [5.41, 5.74) is 1.19. The first-order valence-corrected chi connectivity index (χ1v) is 9.93. The summed E-state index contributed by atoms with van der Waals surface area (Å²) in [6.07, 6.45) is 3.25. The van der Waals surface area contributed by atoms with Gasteiger partial charge in [0.1, 0.15) is 17.0 Å². The topological polar surface area (TPSA) is 96.0 Å². The molecule has 1 aliphatic rings. The van der Waals surface area contributed by atoms with Crippen LogP contribution in [0.3, 0.4) is 0 Å². The Bertz CT molecular complexity index is 1120. The van der Waals surface area contributed by atoms with Crippen molar-refractivity contribution in [1.29, 1.82) is 5.26 Å². The Balaban J connectivity index is 1.46. The summed E-state index contributed by atoms with van der Waals surface area (Å²) in [5, 5.41) is 13.0. The zero-order valence-electron chi connectivity index (χ0n) is 16.0. The number of rotatable bonds is 4. The molecule has 1 N–H and O–H groups in total. The fourth-order valence-corrected chi connectivity index (χ4v) is 3.68. The smallest absolute Gasteiger partial charge is 0.291 e. The number of ketones is 1. The summed E-state index contributed by atoms with van der Waals surface area (Å²) in [4.78, 5) is 28.4. The summed E-state index contributed by atoms with van der Waals surface area (Å²) in [6, 6.07) is 16.2. The number of hydrogen-bond acceptors (Lipinski definition) is 5. The van der Waals surface area contributed by atoms with E-state index in [0.29, 0.717) is 47.8 Å². The Hall–Kier alpha value is -3.43. The van der Waals surface area contributed by atoms with Crippen molar-refractivity contribution < 1.29 is 14.0 Å². The highest BCUT2D eigenvalue weighted by Gasteiger charge is 2.37. The average molecular weight is 420 g/mol. The summed E-state index contributed by atoms with van der Waals surface area (Å²) in [7, 11) is 0. The number of Topliss-reactive ketones (excluding diaryl/α,β-unsaturated/α-hetero) is 1. The first-order chi connectivity index (χ1) is 14.5. The lowest BCUT2D eigenvalue weighted by atomic mass is 9.72. The van der Waals surface area contributed by atoms with E-state index >= 15 is 0 Å². The third-order valence-corrected chi connectivity index (χ3v) is 5.60. The first-order valence-electron chi connectivity index (χ1n) is 9.56.